The monoisotopic (exact) mass is 475 g/mol. The van der Waals surface area contributed by atoms with Crippen molar-refractivity contribution in [3.63, 3.8) is 0 Å². The summed E-state index contributed by atoms with van der Waals surface area (Å²) in [5.41, 5.74) is 4.11. The van der Waals surface area contributed by atoms with Crippen LogP contribution in [0.25, 0.3) is 16.8 Å². The molecule has 0 radical (unpaired) electrons. The highest BCUT2D eigenvalue weighted by atomic mass is 79.9. The van der Waals surface area contributed by atoms with Gasteiger partial charge in [-0.3, -0.25) is 19.3 Å². The molecule has 6 heteroatoms. The van der Waals surface area contributed by atoms with E-state index in [9.17, 15) is 14.4 Å². The van der Waals surface area contributed by atoms with Gasteiger partial charge in [-0.25, -0.2) is 0 Å². The van der Waals surface area contributed by atoms with Crippen LogP contribution < -0.4 is 0 Å². The van der Waals surface area contributed by atoms with Crippen molar-refractivity contribution < 1.29 is 19.1 Å². The van der Waals surface area contributed by atoms with Crippen LogP contribution in [0.3, 0.4) is 0 Å². The molecule has 0 saturated carbocycles. The Kier molecular flexibility index (Phi) is 5.82. The lowest BCUT2D eigenvalue weighted by Gasteiger charge is -2.16. The number of fused-ring (bicyclic) bond motifs is 1. The van der Waals surface area contributed by atoms with Gasteiger partial charge in [0.25, 0.3) is 5.91 Å². The molecule has 1 amide bonds. The van der Waals surface area contributed by atoms with Crippen LogP contribution in [-0.4, -0.2) is 35.7 Å². The number of benzene rings is 3. The number of ketones is 1. The Hall–Kier alpha value is -3.51. The van der Waals surface area contributed by atoms with Gasteiger partial charge in [-0.15, -0.1) is 0 Å². The molecule has 0 saturated heterocycles. The second kappa shape index (κ2) is 8.70. The highest BCUT2D eigenvalue weighted by molar-refractivity contribution is 9.10. The number of carbonyl (C=O) groups is 3. The summed E-state index contributed by atoms with van der Waals surface area (Å²) in [6.45, 7) is 3.21. The number of rotatable bonds is 6. The predicted molar refractivity (Wildman–Crippen MR) is 121 cm³/mol. The van der Waals surface area contributed by atoms with Gasteiger partial charge in [-0.05, 0) is 29.3 Å². The molecule has 0 N–H and O–H groups in total. The first-order chi connectivity index (χ1) is 14.9. The summed E-state index contributed by atoms with van der Waals surface area (Å²) in [6.07, 6.45) is 0. The maximum absolute atomic E-state index is 12.5. The fourth-order valence-electron chi connectivity index (χ4n) is 3.40. The number of Topliss-reactive ketones (excluding diaryl/α,β-unsaturated/α-hetero) is 1. The van der Waals surface area contributed by atoms with E-state index in [1.54, 1.807) is 36.4 Å². The van der Waals surface area contributed by atoms with Gasteiger partial charge in [0.05, 0.1) is 0 Å². The quantitative estimate of drug-likeness (QED) is 0.373. The molecular formula is C25H18BrNO4. The van der Waals surface area contributed by atoms with E-state index in [1.807, 2.05) is 36.4 Å². The molecule has 1 aliphatic rings. The summed E-state index contributed by atoms with van der Waals surface area (Å²) in [6, 6.07) is 22.0. The molecule has 0 aliphatic carbocycles. The number of nitrogens with zero attached hydrogens (tertiary/aromatic N) is 1. The molecule has 0 unspecified atom stereocenters. The number of halogens is 1. The number of hydrogen-bond acceptors (Lipinski definition) is 4. The molecule has 1 heterocycles. The van der Waals surface area contributed by atoms with Gasteiger partial charge in [-0.1, -0.05) is 77.1 Å². The molecule has 3 aromatic rings. The van der Waals surface area contributed by atoms with E-state index in [4.69, 9.17) is 4.74 Å². The van der Waals surface area contributed by atoms with Crippen molar-refractivity contribution in [1.29, 1.82) is 0 Å². The molecule has 0 spiro atoms. The fourth-order valence-corrected chi connectivity index (χ4v) is 3.66. The van der Waals surface area contributed by atoms with E-state index < -0.39 is 12.6 Å². The lowest BCUT2D eigenvalue weighted by Crippen LogP contribution is -2.31. The zero-order valence-corrected chi connectivity index (χ0v) is 18.1. The molecular weight excluding hydrogens is 458 g/mol. The Morgan fingerprint density at radius 3 is 2.06 bits per heavy atom. The first kappa shape index (κ1) is 20.8. The number of carbonyl (C=O) groups excluding carboxylic acids is 3. The number of esters is 1. The molecule has 31 heavy (non-hydrogen) atoms. The maximum Gasteiger partial charge on any atom is 0.326 e. The van der Waals surface area contributed by atoms with Gasteiger partial charge in [-0.2, -0.15) is 0 Å². The van der Waals surface area contributed by atoms with Crippen molar-refractivity contribution in [2.24, 2.45) is 0 Å². The van der Waals surface area contributed by atoms with Gasteiger partial charge in [0.15, 0.2) is 12.4 Å². The third kappa shape index (κ3) is 4.34. The molecule has 0 aromatic heterocycles. The zero-order chi connectivity index (χ0) is 22.0. The first-order valence-corrected chi connectivity index (χ1v) is 10.4. The molecule has 0 bridgehead atoms. The third-order valence-electron chi connectivity index (χ3n) is 5.08. The van der Waals surface area contributed by atoms with Gasteiger partial charge in [0.2, 0.25) is 0 Å². The van der Waals surface area contributed by atoms with Crippen LogP contribution >= 0.6 is 15.9 Å². The van der Waals surface area contributed by atoms with Gasteiger partial charge < -0.3 is 4.74 Å². The van der Waals surface area contributed by atoms with Gasteiger partial charge >= 0.3 is 5.97 Å². The molecule has 5 nitrogen and oxygen atoms in total. The largest absolute Gasteiger partial charge is 0.456 e. The predicted octanol–water partition coefficient (Wildman–Crippen LogP) is 4.97. The van der Waals surface area contributed by atoms with Crippen LogP contribution in [0.4, 0.5) is 0 Å². The minimum atomic E-state index is -0.665. The normalized spacial score (nSPS) is 12.6. The van der Waals surface area contributed by atoms with E-state index in [0.717, 1.165) is 15.6 Å². The van der Waals surface area contributed by atoms with Gasteiger partial charge in [0, 0.05) is 26.9 Å². The third-order valence-corrected chi connectivity index (χ3v) is 5.60. The highest BCUT2D eigenvalue weighted by Crippen LogP contribution is 2.30. The first-order valence-electron chi connectivity index (χ1n) is 9.59. The Bertz CT molecular complexity index is 1150. The summed E-state index contributed by atoms with van der Waals surface area (Å²) >= 11 is 3.41. The average Bonchev–Trinajstić information content (AvgIpc) is 3.03. The standard InChI is InChI=1S/C25H18BrNO4/c1-16-21-4-2-3-5-22(21)25(30)27(16)14-24(29)31-15-23(28)19-8-6-17(7-9-19)18-10-12-20(26)13-11-18/h2-13H,1,14-15H2. The Balaban J connectivity index is 1.34. The number of ether oxygens (including phenoxy) is 1. The molecule has 0 fully saturated rings. The minimum Gasteiger partial charge on any atom is -0.456 e. The van der Waals surface area contributed by atoms with Crippen LogP contribution in [0.1, 0.15) is 26.3 Å². The lowest BCUT2D eigenvalue weighted by molar-refractivity contribution is -0.142. The van der Waals surface area contributed by atoms with Crippen LogP contribution in [-0.2, 0) is 9.53 Å². The van der Waals surface area contributed by atoms with Crippen LogP contribution in [0, 0.1) is 0 Å². The van der Waals surface area contributed by atoms with Crippen molar-refractivity contribution >= 4 is 39.3 Å². The van der Waals surface area contributed by atoms with E-state index in [1.165, 1.54) is 4.90 Å². The minimum absolute atomic E-state index is 0.290. The maximum atomic E-state index is 12.5. The average molecular weight is 476 g/mol. The molecule has 4 rings (SSSR count). The van der Waals surface area contributed by atoms with Crippen LogP contribution in [0.2, 0.25) is 0 Å². The Morgan fingerprint density at radius 2 is 1.45 bits per heavy atom. The van der Waals surface area contributed by atoms with Crippen molar-refractivity contribution in [3.05, 3.63) is 101 Å². The van der Waals surface area contributed by atoms with Crippen molar-refractivity contribution in [1.82, 2.24) is 4.90 Å². The second-order valence-electron chi connectivity index (χ2n) is 7.05. The Morgan fingerprint density at radius 1 is 0.871 bits per heavy atom. The van der Waals surface area contributed by atoms with Crippen molar-refractivity contribution in [2.75, 3.05) is 13.2 Å². The SMILES string of the molecule is C=C1c2ccccc2C(=O)N1CC(=O)OCC(=O)c1ccc(-c2ccc(Br)cc2)cc1. The highest BCUT2D eigenvalue weighted by Gasteiger charge is 2.32. The van der Waals surface area contributed by atoms with Crippen LogP contribution in [0.5, 0.6) is 0 Å². The summed E-state index contributed by atoms with van der Waals surface area (Å²) in [5.74, 6) is -1.28. The topological polar surface area (TPSA) is 63.7 Å². The van der Waals surface area contributed by atoms with E-state index >= 15 is 0 Å². The van der Waals surface area contributed by atoms with Crippen LogP contribution in [0.15, 0.2) is 83.8 Å². The molecule has 1 aliphatic heterocycles. The lowest BCUT2D eigenvalue weighted by atomic mass is 10.0. The van der Waals surface area contributed by atoms with E-state index in [-0.39, 0.29) is 18.2 Å². The summed E-state index contributed by atoms with van der Waals surface area (Å²) in [4.78, 5) is 38.4. The van der Waals surface area contributed by atoms with E-state index in [0.29, 0.717) is 22.4 Å². The van der Waals surface area contributed by atoms with Gasteiger partial charge in [0.1, 0.15) is 6.54 Å². The fraction of sp³-hybridized carbons (Fsp3) is 0.0800. The second-order valence-corrected chi connectivity index (χ2v) is 7.97. The van der Waals surface area contributed by atoms with E-state index in [2.05, 4.69) is 22.5 Å². The number of hydrogen-bond donors (Lipinski definition) is 0. The zero-order valence-electron chi connectivity index (χ0n) is 16.5. The molecule has 154 valence electrons. The summed E-state index contributed by atoms with van der Waals surface area (Å²) < 4.78 is 6.11. The summed E-state index contributed by atoms with van der Waals surface area (Å²) in [5, 5.41) is 0. The smallest absolute Gasteiger partial charge is 0.326 e. The molecule has 0 atom stereocenters. The summed E-state index contributed by atoms with van der Waals surface area (Å²) in [7, 11) is 0. The van der Waals surface area contributed by atoms with Crippen molar-refractivity contribution in [2.45, 2.75) is 0 Å². The number of amides is 1. The van der Waals surface area contributed by atoms with Crippen molar-refractivity contribution in [3.8, 4) is 11.1 Å². The molecule has 3 aromatic carbocycles. The Labute approximate surface area is 188 Å².